The predicted octanol–water partition coefficient (Wildman–Crippen LogP) is 0.533. The van der Waals surface area contributed by atoms with Crippen molar-refractivity contribution in [2.24, 2.45) is 0 Å². The van der Waals surface area contributed by atoms with E-state index < -0.39 is 0 Å². The first-order chi connectivity index (χ1) is 5.06. The number of hydrogen-bond acceptors (Lipinski definition) is 3. The molecule has 0 aromatic rings. The SMILES string of the molecule is CNC(CC(C)=O)CC(C)=O. The molecule has 0 aliphatic rings. The molecule has 0 spiro atoms. The molecule has 0 aromatic carbocycles. The molecule has 0 heterocycles. The van der Waals surface area contributed by atoms with E-state index in [1.165, 1.54) is 13.8 Å². The van der Waals surface area contributed by atoms with Crippen LogP contribution < -0.4 is 5.32 Å². The average Bonchev–Trinajstić information content (AvgIpc) is 1.84. The summed E-state index contributed by atoms with van der Waals surface area (Å²) in [6.45, 7) is 3.06. The van der Waals surface area contributed by atoms with Crippen molar-refractivity contribution in [1.82, 2.24) is 5.32 Å². The first-order valence-electron chi connectivity index (χ1n) is 3.72. The number of carbonyl (C=O) groups is 2. The van der Waals surface area contributed by atoms with Gasteiger partial charge in [0.2, 0.25) is 0 Å². The van der Waals surface area contributed by atoms with Gasteiger partial charge in [-0.25, -0.2) is 0 Å². The van der Waals surface area contributed by atoms with E-state index in [0.717, 1.165) is 0 Å². The van der Waals surface area contributed by atoms with Gasteiger partial charge in [-0.2, -0.15) is 0 Å². The third-order valence-corrected chi connectivity index (χ3v) is 1.48. The maximum absolute atomic E-state index is 10.6. The Morgan fingerprint density at radius 1 is 1.18 bits per heavy atom. The van der Waals surface area contributed by atoms with Crippen LogP contribution in [0.5, 0.6) is 0 Å². The molecule has 11 heavy (non-hydrogen) atoms. The van der Waals surface area contributed by atoms with Crippen molar-refractivity contribution in [1.29, 1.82) is 0 Å². The Hall–Kier alpha value is -0.700. The van der Waals surface area contributed by atoms with E-state index in [-0.39, 0.29) is 17.6 Å². The minimum atomic E-state index is 0.0185. The number of nitrogens with one attached hydrogen (secondary N) is 1. The minimum Gasteiger partial charge on any atom is -0.316 e. The fourth-order valence-corrected chi connectivity index (χ4v) is 0.970. The molecule has 0 aliphatic carbocycles. The lowest BCUT2D eigenvalue weighted by Crippen LogP contribution is -2.29. The van der Waals surface area contributed by atoms with Gasteiger partial charge in [-0.05, 0) is 20.9 Å². The highest BCUT2D eigenvalue weighted by atomic mass is 16.1. The Morgan fingerprint density at radius 3 is 1.73 bits per heavy atom. The maximum Gasteiger partial charge on any atom is 0.131 e. The third kappa shape index (κ3) is 5.73. The average molecular weight is 157 g/mol. The molecule has 3 heteroatoms. The molecular weight excluding hydrogens is 142 g/mol. The quantitative estimate of drug-likeness (QED) is 0.633. The van der Waals surface area contributed by atoms with Gasteiger partial charge in [-0.1, -0.05) is 0 Å². The number of rotatable bonds is 5. The molecule has 0 aliphatic heterocycles. The topological polar surface area (TPSA) is 46.2 Å². The van der Waals surface area contributed by atoms with Crippen LogP contribution in [0.25, 0.3) is 0 Å². The summed E-state index contributed by atoms with van der Waals surface area (Å²) >= 11 is 0. The highest BCUT2D eigenvalue weighted by Gasteiger charge is 2.10. The van der Waals surface area contributed by atoms with Crippen LogP contribution in [0, 0.1) is 0 Å². The lowest BCUT2D eigenvalue weighted by molar-refractivity contribution is -0.118. The van der Waals surface area contributed by atoms with Gasteiger partial charge in [-0.15, -0.1) is 0 Å². The van der Waals surface area contributed by atoms with Crippen LogP contribution in [0.1, 0.15) is 26.7 Å². The highest BCUT2D eigenvalue weighted by molar-refractivity contribution is 5.79. The third-order valence-electron chi connectivity index (χ3n) is 1.48. The Kier molecular flexibility index (Phi) is 4.70. The van der Waals surface area contributed by atoms with Crippen molar-refractivity contribution in [3.05, 3.63) is 0 Å². The van der Waals surface area contributed by atoms with Crippen molar-refractivity contribution in [2.45, 2.75) is 32.7 Å². The van der Waals surface area contributed by atoms with Crippen LogP contribution in [0.4, 0.5) is 0 Å². The molecule has 1 N–H and O–H groups in total. The molecule has 0 fully saturated rings. The van der Waals surface area contributed by atoms with Crippen LogP contribution in [0.2, 0.25) is 0 Å². The molecule has 0 amide bonds. The number of ketones is 2. The van der Waals surface area contributed by atoms with Gasteiger partial charge in [0.25, 0.3) is 0 Å². The second-order valence-corrected chi connectivity index (χ2v) is 2.80. The van der Waals surface area contributed by atoms with Crippen LogP contribution in [0.15, 0.2) is 0 Å². The first kappa shape index (κ1) is 10.3. The predicted molar refractivity (Wildman–Crippen MR) is 43.4 cm³/mol. The van der Waals surface area contributed by atoms with Crippen LogP contribution >= 0.6 is 0 Å². The van der Waals surface area contributed by atoms with Crippen molar-refractivity contribution in [2.75, 3.05) is 7.05 Å². The summed E-state index contributed by atoms with van der Waals surface area (Å²) in [7, 11) is 1.76. The Labute approximate surface area is 67.2 Å². The fraction of sp³-hybridized carbons (Fsp3) is 0.750. The lowest BCUT2D eigenvalue weighted by atomic mass is 10.1. The summed E-state index contributed by atoms with van der Waals surface area (Å²) < 4.78 is 0. The zero-order chi connectivity index (χ0) is 8.85. The van der Waals surface area contributed by atoms with Gasteiger partial charge < -0.3 is 5.32 Å². The molecule has 0 bridgehead atoms. The minimum absolute atomic E-state index is 0.0185. The van der Waals surface area contributed by atoms with Crippen LogP contribution in [0.3, 0.4) is 0 Å². The summed E-state index contributed by atoms with van der Waals surface area (Å²) in [6, 6.07) is 0.0185. The molecule has 0 unspecified atom stereocenters. The van der Waals surface area contributed by atoms with Crippen molar-refractivity contribution in [3.8, 4) is 0 Å². The highest BCUT2D eigenvalue weighted by Crippen LogP contribution is 1.98. The van der Waals surface area contributed by atoms with E-state index in [1.54, 1.807) is 7.05 Å². The fourth-order valence-electron chi connectivity index (χ4n) is 0.970. The van der Waals surface area contributed by atoms with Gasteiger partial charge in [0.15, 0.2) is 0 Å². The maximum atomic E-state index is 10.6. The number of carbonyl (C=O) groups excluding carboxylic acids is 2. The van der Waals surface area contributed by atoms with Crippen LogP contribution in [-0.2, 0) is 9.59 Å². The van der Waals surface area contributed by atoms with E-state index in [4.69, 9.17) is 0 Å². The molecule has 64 valence electrons. The summed E-state index contributed by atoms with van der Waals surface area (Å²) in [5.74, 6) is 0.233. The van der Waals surface area contributed by atoms with E-state index in [0.29, 0.717) is 12.8 Å². The standard InChI is InChI=1S/C8H15NO2/c1-6(10)4-8(9-3)5-7(2)11/h8-9H,4-5H2,1-3H3. The normalized spacial score (nSPS) is 10.2. The summed E-state index contributed by atoms with van der Waals surface area (Å²) in [4.78, 5) is 21.3. The van der Waals surface area contributed by atoms with Gasteiger partial charge in [-0.3, -0.25) is 9.59 Å². The largest absolute Gasteiger partial charge is 0.316 e. The van der Waals surface area contributed by atoms with E-state index in [9.17, 15) is 9.59 Å². The molecule has 3 nitrogen and oxygen atoms in total. The summed E-state index contributed by atoms with van der Waals surface area (Å²) in [6.07, 6.45) is 0.881. The zero-order valence-corrected chi connectivity index (χ0v) is 7.31. The molecule has 0 rings (SSSR count). The smallest absolute Gasteiger partial charge is 0.131 e. The summed E-state index contributed by atoms with van der Waals surface area (Å²) in [5.41, 5.74) is 0. The van der Waals surface area contributed by atoms with Crippen molar-refractivity contribution in [3.63, 3.8) is 0 Å². The first-order valence-corrected chi connectivity index (χ1v) is 3.72. The summed E-state index contributed by atoms with van der Waals surface area (Å²) in [5, 5.41) is 2.92. The van der Waals surface area contributed by atoms with Gasteiger partial charge >= 0.3 is 0 Å². The van der Waals surface area contributed by atoms with Gasteiger partial charge in [0, 0.05) is 18.9 Å². The molecule has 0 radical (unpaired) electrons. The van der Waals surface area contributed by atoms with E-state index >= 15 is 0 Å². The molecule has 0 saturated heterocycles. The monoisotopic (exact) mass is 157 g/mol. The van der Waals surface area contributed by atoms with Gasteiger partial charge in [0.05, 0.1) is 0 Å². The second kappa shape index (κ2) is 5.02. The number of hydrogen-bond donors (Lipinski definition) is 1. The Balaban J connectivity index is 3.76. The van der Waals surface area contributed by atoms with Crippen molar-refractivity contribution >= 4 is 11.6 Å². The lowest BCUT2D eigenvalue weighted by Gasteiger charge is -2.11. The number of Topliss-reactive ketones (excluding diaryl/α,β-unsaturated/α-hetero) is 2. The van der Waals surface area contributed by atoms with Gasteiger partial charge in [0.1, 0.15) is 11.6 Å². The molecule has 0 saturated carbocycles. The van der Waals surface area contributed by atoms with Crippen LogP contribution in [-0.4, -0.2) is 24.7 Å². The van der Waals surface area contributed by atoms with Crippen molar-refractivity contribution < 1.29 is 9.59 Å². The zero-order valence-electron chi connectivity index (χ0n) is 7.31. The molecule has 0 aromatic heterocycles. The molecule has 0 atom stereocenters. The Bertz CT molecular complexity index is 138. The van der Waals surface area contributed by atoms with E-state index in [2.05, 4.69) is 5.32 Å². The van der Waals surface area contributed by atoms with E-state index in [1.807, 2.05) is 0 Å². The second-order valence-electron chi connectivity index (χ2n) is 2.80. The molecular formula is C8H15NO2. The Morgan fingerprint density at radius 2 is 1.55 bits per heavy atom.